The Kier molecular flexibility index (Phi) is 0.804. The molecule has 3 rings (SSSR count). The highest BCUT2D eigenvalue weighted by Crippen LogP contribution is 2.76. The van der Waals surface area contributed by atoms with Crippen molar-refractivity contribution < 1.29 is 14.3 Å². The molecule has 3 atom stereocenters. The van der Waals surface area contributed by atoms with E-state index < -0.39 is 0 Å². The van der Waals surface area contributed by atoms with Crippen LogP contribution in [-0.4, -0.2) is 11.9 Å². The number of esters is 2. The quantitative estimate of drug-likeness (QED) is 0.396. The Balaban J connectivity index is 2.15. The third-order valence-corrected chi connectivity index (χ3v) is 4.24. The number of hydrogen-bond donors (Lipinski definition) is 0. The van der Waals surface area contributed by atoms with Gasteiger partial charge in [-0.25, -0.2) is 0 Å². The zero-order chi connectivity index (χ0) is 8.56. The first-order chi connectivity index (χ1) is 5.63. The highest BCUT2D eigenvalue weighted by Gasteiger charge is 2.82. The van der Waals surface area contributed by atoms with Gasteiger partial charge >= 0.3 is 11.9 Å². The predicted octanol–water partition coefficient (Wildman–Crippen LogP) is 0.876. The van der Waals surface area contributed by atoms with Crippen molar-refractivity contribution >= 4 is 11.9 Å². The van der Waals surface area contributed by atoms with Gasteiger partial charge in [0.05, 0.1) is 10.8 Å². The summed E-state index contributed by atoms with van der Waals surface area (Å²) in [6.07, 6.45) is 2.58. The van der Waals surface area contributed by atoms with Crippen LogP contribution < -0.4 is 0 Å². The summed E-state index contributed by atoms with van der Waals surface area (Å²) in [6, 6.07) is 0. The number of ether oxygens (including phenoxy) is 1. The van der Waals surface area contributed by atoms with Crippen molar-refractivity contribution in [2.45, 2.75) is 26.2 Å². The molecule has 0 aromatic rings. The standard InChI is InChI=1S/C9H10O3/c1-5-4-8-2-3-9(5,8)7(11)12-6(8)10/h5H,2-4H2,1H3. The maximum Gasteiger partial charge on any atom is 0.321 e. The van der Waals surface area contributed by atoms with Crippen molar-refractivity contribution in [3.8, 4) is 0 Å². The van der Waals surface area contributed by atoms with E-state index in [1.807, 2.05) is 6.92 Å². The zero-order valence-corrected chi connectivity index (χ0v) is 6.92. The molecule has 3 nitrogen and oxygen atoms in total. The van der Waals surface area contributed by atoms with Crippen molar-refractivity contribution in [1.82, 2.24) is 0 Å². The van der Waals surface area contributed by atoms with Crippen LogP contribution in [0, 0.1) is 16.7 Å². The zero-order valence-electron chi connectivity index (χ0n) is 6.92. The molecule has 3 fully saturated rings. The first kappa shape index (κ1) is 6.63. The van der Waals surface area contributed by atoms with Gasteiger partial charge in [-0.2, -0.15) is 0 Å². The lowest BCUT2D eigenvalue weighted by atomic mass is 9.35. The molecule has 12 heavy (non-hydrogen) atoms. The summed E-state index contributed by atoms with van der Waals surface area (Å²) in [5.74, 6) is -0.153. The molecular weight excluding hydrogens is 156 g/mol. The Bertz CT molecular complexity index is 309. The van der Waals surface area contributed by atoms with Gasteiger partial charge in [0.25, 0.3) is 0 Å². The summed E-state index contributed by atoms with van der Waals surface area (Å²) in [6.45, 7) is 2.04. The van der Waals surface area contributed by atoms with E-state index in [2.05, 4.69) is 0 Å². The van der Waals surface area contributed by atoms with E-state index in [1.54, 1.807) is 0 Å². The number of carbonyl (C=O) groups is 2. The van der Waals surface area contributed by atoms with E-state index in [1.165, 1.54) is 0 Å². The van der Waals surface area contributed by atoms with Crippen LogP contribution in [0.3, 0.4) is 0 Å². The molecule has 0 radical (unpaired) electrons. The molecule has 1 saturated heterocycles. The van der Waals surface area contributed by atoms with Crippen molar-refractivity contribution in [3.63, 3.8) is 0 Å². The fraction of sp³-hybridized carbons (Fsp3) is 0.778. The molecular formula is C9H10O3. The molecule has 1 heterocycles. The van der Waals surface area contributed by atoms with Crippen LogP contribution >= 0.6 is 0 Å². The topological polar surface area (TPSA) is 43.4 Å². The SMILES string of the molecule is CC1CC23CCC12C(=O)OC3=O. The third-order valence-electron chi connectivity index (χ3n) is 4.24. The Morgan fingerprint density at radius 1 is 1.33 bits per heavy atom. The molecule has 64 valence electrons. The fourth-order valence-electron chi connectivity index (χ4n) is 3.40. The van der Waals surface area contributed by atoms with Gasteiger partial charge in [-0.05, 0) is 25.2 Å². The van der Waals surface area contributed by atoms with Crippen molar-refractivity contribution in [1.29, 1.82) is 0 Å². The average Bonchev–Trinajstić information content (AvgIpc) is 2.11. The fourth-order valence-corrected chi connectivity index (χ4v) is 3.40. The second-order valence-electron chi connectivity index (χ2n) is 4.34. The largest absolute Gasteiger partial charge is 0.392 e. The van der Waals surface area contributed by atoms with Gasteiger partial charge in [-0.1, -0.05) is 6.92 Å². The van der Waals surface area contributed by atoms with Crippen molar-refractivity contribution in [2.75, 3.05) is 0 Å². The minimum absolute atomic E-state index is 0.252. The summed E-state index contributed by atoms with van der Waals surface area (Å²) in [5.41, 5.74) is -0.729. The molecule has 3 unspecified atom stereocenters. The first-order valence-electron chi connectivity index (χ1n) is 4.40. The molecule has 0 spiro atoms. The number of carbonyl (C=O) groups excluding carboxylic acids is 2. The van der Waals surface area contributed by atoms with Gasteiger partial charge in [0, 0.05) is 0 Å². The van der Waals surface area contributed by atoms with E-state index in [0.717, 1.165) is 19.3 Å². The highest BCUT2D eigenvalue weighted by molar-refractivity contribution is 6.05. The molecule has 2 saturated carbocycles. The Hall–Kier alpha value is -0.860. The van der Waals surface area contributed by atoms with Gasteiger partial charge in [-0.3, -0.25) is 9.59 Å². The second kappa shape index (κ2) is 1.45. The second-order valence-corrected chi connectivity index (χ2v) is 4.34. The van der Waals surface area contributed by atoms with Gasteiger partial charge < -0.3 is 4.74 Å². The summed E-state index contributed by atoms with van der Waals surface area (Å²) >= 11 is 0. The molecule has 1 aliphatic heterocycles. The van der Waals surface area contributed by atoms with Crippen molar-refractivity contribution in [2.24, 2.45) is 16.7 Å². The lowest BCUT2D eigenvalue weighted by Crippen LogP contribution is -2.66. The van der Waals surface area contributed by atoms with Gasteiger partial charge in [0.1, 0.15) is 0 Å². The van der Waals surface area contributed by atoms with Crippen LogP contribution in [0.15, 0.2) is 0 Å². The Morgan fingerprint density at radius 3 is 2.42 bits per heavy atom. The normalized spacial score (nSPS) is 54.9. The first-order valence-corrected chi connectivity index (χ1v) is 4.40. The van der Waals surface area contributed by atoms with Crippen LogP contribution in [0.4, 0.5) is 0 Å². The summed E-state index contributed by atoms with van der Waals surface area (Å²) in [5, 5.41) is 0. The monoisotopic (exact) mass is 166 g/mol. The highest BCUT2D eigenvalue weighted by atomic mass is 16.6. The van der Waals surface area contributed by atoms with E-state index in [-0.39, 0.29) is 22.8 Å². The van der Waals surface area contributed by atoms with Crippen LogP contribution in [0.25, 0.3) is 0 Å². The molecule has 0 amide bonds. The predicted molar refractivity (Wildman–Crippen MR) is 39.0 cm³/mol. The maximum absolute atomic E-state index is 11.4. The minimum atomic E-state index is -0.371. The smallest absolute Gasteiger partial charge is 0.321 e. The van der Waals surface area contributed by atoms with Crippen LogP contribution in [-0.2, 0) is 14.3 Å². The summed E-state index contributed by atoms with van der Waals surface area (Å²) in [4.78, 5) is 22.7. The summed E-state index contributed by atoms with van der Waals surface area (Å²) in [7, 11) is 0. The minimum Gasteiger partial charge on any atom is -0.392 e. The summed E-state index contributed by atoms with van der Waals surface area (Å²) < 4.78 is 4.71. The molecule has 0 bridgehead atoms. The lowest BCUT2D eigenvalue weighted by Gasteiger charge is -2.62. The van der Waals surface area contributed by atoms with E-state index in [4.69, 9.17) is 4.74 Å². The van der Waals surface area contributed by atoms with Crippen LogP contribution in [0.2, 0.25) is 0 Å². The Labute approximate surface area is 70.1 Å². The molecule has 0 aromatic carbocycles. The van der Waals surface area contributed by atoms with Gasteiger partial charge in [0.15, 0.2) is 0 Å². The molecule has 2 aliphatic carbocycles. The Morgan fingerprint density at radius 2 is 2.08 bits per heavy atom. The maximum atomic E-state index is 11.4. The molecule has 3 heteroatoms. The molecule has 3 aliphatic rings. The molecule has 0 N–H and O–H groups in total. The number of hydrogen-bond acceptors (Lipinski definition) is 3. The number of rotatable bonds is 0. The lowest BCUT2D eigenvalue weighted by molar-refractivity contribution is -0.201. The molecule has 0 aromatic heterocycles. The van der Waals surface area contributed by atoms with E-state index in [0.29, 0.717) is 5.92 Å². The van der Waals surface area contributed by atoms with E-state index in [9.17, 15) is 9.59 Å². The van der Waals surface area contributed by atoms with Crippen LogP contribution in [0.5, 0.6) is 0 Å². The van der Waals surface area contributed by atoms with E-state index >= 15 is 0 Å². The van der Waals surface area contributed by atoms with Gasteiger partial charge in [-0.15, -0.1) is 0 Å². The number of cyclic esters (lactones) is 2. The average molecular weight is 166 g/mol. The van der Waals surface area contributed by atoms with Gasteiger partial charge in [0.2, 0.25) is 0 Å². The third kappa shape index (κ3) is 0.341. The van der Waals surface area contributed by atoms with Crippen LogP contribution in [0.1, 0.15) is 26.2 Å². The van der Waals surface area contributed by atoms with Crippen molar-refractivity contribution in [3.05, 3.63) is 0 Å².